The maximum Gasteiger partial charge on any atom is 0.231 e. The molecule has 4 rings (SSSR count). The second-order valence-electron chi connectivity index (χ2n) is 5.55. The lowest BCUT2D eigenvalue weighted by Gasteiger charge is -2.05. The lowest BCUT2D eigenvalue weighted by atomic mass is 10.1. The van der Waals surface area contributed by atoms with Gasteiger partial charge in [-0.2, -0.15) is 0 Å². The van der Waals surface area contributed by atoms with Gasteiger partial charge in [0, 0.05) is 0 Å². The third-order valence-electron chi connectivity index (χ3n) is 3.82. The largest absolute Gasteiger partial charge is 0.306 e. The average molecular weight is 317 g/mol. The Morgan fingerprint density at radius 1 is 1.00 bits per heavy atom. The molecule has 0 radical (unpaired) electrons. The topological polar surface area (TPSA) is 72.2 Å². The van der Waals surface area contributed by atoms with E-state index in [0.717, 1.165) is 11.1 Å². The first-order valence-corrected chi connectivity index (χ1v) is 7.70. The van der Waals surface area contributed by atoms with Gasteiger partial charge in [0.2, 0.25) is 11.7 Å². The van der Waals surface area contributed by atoms with Gasteiger partial charge in [-0.25, -0.2) is 9.67 Å². The molecule has 118 valence electrons. The number of hydrogen-bond acceptors (Lipinski definition) is 4. The van der Waals surface area contributed by atoms with Crippen molar-refractivity contribution in [2.24, 2.45) is 4.99 Å². The van der Waals surface area contributed by atoms with Crippen molar-refractivity contribution in [2.45, 2.75) is 13.0 Å². The average Bonchev–Trinajstić information content (AvgIpc) is 2.88. The van der Waals surface area contributed by atoms with Crippen molar-refractivity contribution in [2.75, 3.05) is 5.32 Å². The molecule has 0 saturated heterocycles. The monoisotopic (exact) mass is 317 g/mol. The fraction of sp³-hybridized carbons (Fsp3) is 0.111. The van der Waals surface area contributed by atoms with E-state index in [2.05, 4.69) is 20.6 Å². The maximum atomic E-state index is 12.1. The first-order chi connectivity index (χ1) is 11.8. The highest BCUT2D eigenvalue weighted by Gasteiger charge is 2.22. The van der Waals surface area contributed by atoms with E-state index >= 15 is 0 Å². The molecule has 2 aromatic carbocycles. The Morgan fingerprint density at radius 2 is 1.71 bits per heavy atom. The molecule has 6 heteroatoms. The van der Waals surface area contributed by atoms with E-state index in [-0.39, 0.29) is 12.3 Å². The zero-order valence-corrected chi connectivity index (χ0v) is 12.9. The Kier molecular flexibility index (Phi) is 3.63. The number of nitrogens with zero attached hydrogens (tertiary/aromatic N) is 4. The lowest BCUT2D eigenvalue weighted by molar-refractivity contribution is -0.115. The van der Waals surface area contributed by atoms with Crippen molar-refractivity contribution in [3.63, 3.8) is 0 Å². The van der Waals surface area contributed by atoms with Gasteiger partial charge in [0.15, 0.2) is 5.82 Å². The van der Waals surface area contributed by atoms with Crippen LogP contribution >= 0.6 is 0 Å². The Labute approximate surface area is 138 Å². The quantitative estimate of drug-likeness (QED) is 0.807. The fourth-order valence-electron chi connectivity index (χ4n) is 2.66. The molecule has 0 aliphatic carbocycles. The Bertz CT molecular complexity index is 900. The van der Waals surface area contributed by atoms with Crippen LogP contribution in [-0.4, -0.2) is 26.6 Å². The number of nitrogens with one attached hydrogen (secondary N) is 1. The van der Waals surface area contributed by atoms with E-state index in [1.165, 1.54) is 0 Å². The van der Waals surface area contributed by atoms with Crippen LogP contribution in [0, 0.1) is 0 Å². The summed E-state index contributed by atoms with van der Waals surface area (Å²) in [6, 6.07) is 19.7. The number of hydrogen-bond donors (Lipinski definition) is 1. The van der Waals surface area contributed by atoms with Crippen LogP contribution in [0.1, 0.15) is 17.5 Å². The van der Waals surface area contributed by atoms with Crippen LogP contribution in [0.15, 0.2) is 65.7 Å². The smallest absolute Gasteiger partial charge is 0.231 e. The first-order valence-electron chi connectivity index (χ1n) is 7.70. The second kappa shape index (κ2) is 6.08. The van der Waals surface area contributed by atoms with Crippen LogP contribution < -0.4 is 5.32 Å². The van der Waals surface area contributed by atoms with Crippen molar-refractivity contribution in [1.82, 2.24) is 15.0 Å². The van der Waals surface area contributed by atoms with Crippen LogP contribution in [0.25, 0.3) is 0 Å². The highest BCUT2D eigenvalue weighted by Crippen LogP contribution is 2.27. The summed E-state index contributed by atoms with van der Waals surface area (Å²) in [4.78, 5) is 16.8. The molecule has 0 atom stereocenters. The summed E-state index contributed by atoms with van der Waals surface area (Å²) in [6.07, 6.45) is 0.214. The number of benzene rings is 2. The van der Waals surface area contributed by atoms with Crippen LogP contribution in [0.3, 0.4) is 0 Å². The molecular formula is C18H15N5O. The number of carbonyl (C=O) groups is 1. The summed E-state index contributed by atoms with van der Waals surface area (Å²) in [5, 5.41) is 11.0. The predicted octanol–water partition coefficient (Wildman–Crippen LogP) is 2.79. The molecule has 0 saturated carbocycles. The Morgan fingerprint density at radius 3 is 2.46 bits per heavy atom. The van der Waals surface area contributed by atoms with Crippen LogP contribution in [0.5, 0.6) is 0 Å². The van der Waals surface area contributed by atoms with E-state index in [9.17, 15) is 4.79 Å². The second-order valence-corrected chi connectivity index (χ2v) is 5.55. The van der Waals surface area contributed by atoms with Crippen LogP contribution in [-0.2, 0) is 11.3 Å². The maximum absolute atomic E-state index is 12.1. The standard InChI is InChI=1S/C18H15N5O/c24-16-11-15(14-9-5-2-6-10-14)19-18-17(20-16)21-22-23(18)12-13-7-3-1-4-8-13/h1-10H,11-12H2,(H,20,24). The third-order valence-corrected chi connectivity index (χ3v) is 3.82. The highest BCUT2D eigenvalue weighted by atomic mass is 16.1. The number of aromatic nitrogens is 3. The van der Waals surface area contributed by atoms with Gasteiger partial charge in [0.1, 0.15) is 0 Å². The summed E-state index contributed by atoms with van der Waals surface area (Å²) in [5.74, 6) is 0.841. The summed E-state index contributed by atoms with van der Waals surface area (Å²) in [7, 11) is 0. The van der Waals surface area contributed by atoms with Gasteiger partial charge < -0.3 is 5.32 Å². The summed E-state index contributed by atoms with van der Waals surface area (Å²) >= 11 is 0. The van der Waals surface area contributed by atoms with Crippen molar-refractivity contribution >= 4 is 23.3 Å². The van der Waals surface area contributed by atoms with Gasteiger partial charge in [0.25, 0.3) is 0 Å². The van der Waals surface area contributed by atoms with E-state index < -0.39 is 0 Å². The van der Waals surface area contributed by atoms with Gasteiger partial charge in [-0.3, -0.25) is 4.79 Å². The van der Waals surface area contributed by atoms with Crippen molar-refractivity contribution in [3.8, 4) is 0 Å². The predicted molar refractivity (Wildman–Crippen MR) is 91.5 cm³/mol. The summed E-state index contributed by atoms with van der Waals surface area (Å²) in [6.45, 7) is 0.546. The van der Waals surface area contributed by atoms with Crippen molar-refractivity contribution < 1.29 is 4.79 Å². The molecule has 0 spiro atoms. The van der Waals surface area contributed by atoms with Gasteiger partial charge >= 0.3 is 0 Å². The normalized spacial score (nSPS) is 13.7. The van der Waals surface area contributed by atoms with Gasteiger partial charge in [-0.05, 0) is 11.1 Å². The van der Waals surface area contributed by atoms with Crippen molar-refractivity contribution in [1.29, 1.82) is 0 Å². The molecule has 1 amide bonds. The number of carbonyl (C=O) groups excluding carboxylic acids is 1. The minimum Gasteiger partial charge on any atom is -0.306 e. The van der Waals surface area contributed by atoms with E-state index in [4.69, 9.17) is 0 Å². The van der Waals surface area contributed by atoms with Crippen LogP contribution in [0.4, 0.5) is 11.6 Å². The molecule has 1 aliphatic heterocycles. The Balaban J connectivity index is 1.76. The summed E-state index contributed by atoms with van der Waals surface area (Å²) < 4.78 is 1.71. The number of rotatable bonds is 3. The molecule has 2 heterocycles. The van der Waals surface area contributed by atoms with E-state index in [1.54, 1.807) is 4.68 Å². The Hall–Kier alpha value is -3.28. The minimum atomic E-state index is -0.136. The first kappa shape index (κ1) is 14.3. The van der Waals surface area contributed by atoms with Gasteiger partial charge in [-0.15, -0.1) is 5.10 Å². The van der Waals surface area contributed by atoms with Gasteiger partial charge in [0.05, 0.1) is 18.7 Å². The fourth-order valence-corrected chi connectivity index (χ4v) is 2.66. The molecule has 3 aromatic rings. The number of fused-ring (bicyclic) bond motifs is 1. The highest BCUT2D eigenvalue weighted by molar-refractivity contribution is 6.16. The van der Waals surface area contributed by atoms with Crippen molar-refractivity contribution in [3.05, 3.63) is 71.8 Å². The van der Waals surface area contributed by atoms with E-state index in [0.29, 0.717) is 23.9 Å². The molecule has 1 N–H and O–H groups in total. The summed E-state index contributed by atoms with van der Waals surface area (Å²) in [5.41, 5.74) is 2.73. The van der Waals surface area contributed by atoms with Crippen LogP contribution in [0.2, 0.25) is 0 Å². The SMILES string of the molecule is O=C1CC(c2ccccc2)=Nc2c(nnn2Cc2ccccc2)N1. The number of anilines is 1. The lowest BCUT2D eigenvalue weighted by Crippen LogP contribution is -2.15. The molecule has 0 fully saturated rings. The molecule has 0 unspecified atom stereocenters. The molecule has 0 bridgehead atoms. The van der Waals surface area contributed by atoms with Gasteiger partial charge in [-0.1, -0.05) is 65.9 Å². The molecule has 1 aromatic heterocycles. The zero-order valence-electron chi connectivity index (χ0n) is 12.9. The number of aliphatic imine (C=N–C) groups is 1. The number of amides is 1. The third kappa shape index (κ3) is 2.81. The zero-order chi connectivity index (χ0) is 16.4. The molecule has 1 aliphatic rings. The molecule has 6 nitrogen and oxygen atoms in total. The molecular weight excluding hydrogens is 302 g/mol. The molecule has 24 heavy (non-hydrogen) atoms. The van der Waals surface area contributed by atoms with E-state index in [1.807, 2.05) is 60.7 Å². The minimum absolute atomic E-state index is 0.136.